The molecule has 1 heterocycles. The van der Waals surface area contributed by atoms with Gasteiger partial charge in [-0.2, -0.15) is 5.26 Å². The molecule has 3 unspecified atom stereocenters. The number of amides is 2. The van der Waals surface area contributed by atoms with E-state index in [-0.39, 0.29) is 25.4 Å². The molecule has 0 aromatic carbocycles. The average Bonchev–Trinajstić information content (AvgIpc) is 2.77. The number of aliphatic hydroxyl groups is 1. The van der Waals surface area contributed by atoms with Gasteiger partial charge in [0.1, 0.15) is 6.04 Å². The van der Waals surface area contributed by atoms with Crippen LogP contribution in [0.1, 0.15) is 20.3 Å². The van der Waals surface area contributed by atoms with E-state index in [0.29, 0.717) is 6.54 Å². The normalized spacial score (nSPS) is 23.8. The third-order valence-corrected chi connectivity index (χ3v) is 3.18. The zero-order chi connectivity index (χ0) is 14.6. The molecule has 0 aromatic rings. The van der Waals surface area contributed by atoms with Crippen molar-refractivity contribution in [3.05, 3.63) is 0 Å². The summed E-state index contributed by atoms with van der Waals surface area (Å²) < 4.78 is 0. The van der Waals surface area contributed by atoms with Crippen LogP contribution in [0.5, 0.6) is 0 Å². The van der Waals surface area contributed by atoms with Crippen molar-refractivity contribution in [2.24, 2.45) is 5.92 Å². The third-order valence-electron chi connectivity index (χ3n) is 3.18. The Morgan fingerprint density at radius 3 is 2.68 bits per heavy atom. The molecule has 0 spiro atoms. The number of rotatable bonds is 4. The van der Waals surface area contributed by atoms with Crippen molar-refractivity contribution >= 4 is 12.0 Å². The lowest BCUT2D eigenvalue weighted by atomic mass is 10.2. The monoisotopic (exact) mass is 269 g/mol. The van der Waals surface area contributed by atoms with E-state index in [2.05, 4.69) is 0 Å². The number of carbonyl (C=O) groups excluding carboxylic acids is 1. The molecule has 106 valence electrons. The minimum atomic E-state index is -1.12. The largest absolute Gasteiger partial charge is 0.480 e. The SMILES string of the molecule is CCN(CC(C)C#N)C(=O)N1CC(O)CC1C(=O)O. The van der Waals surface area contributed by atoms with Gasteiger partial charge in [0.25, 0.3) is 0 Å². The molecule has 0 aromatic heterocycles. The molecule has 1 fully saturated rings. The van der Waals surface area contributed by atoms with E-state index in [0.717, 1.165) is 0 Å². The van der Waals surface area contributed by atoms with E-state index >= 15 is 0 Å². The maximum atomic E-state index is 12.3. The van der Waals surface area contributed by atoms with E-state index in [1.165, 1.54) is 9.80 Å². The number of urea groups is 1. The molecule has 1 aliphatic heterocycles. The maximum Gasteiger partial charge on any atom is 0.326 e. The predicted molar refractivity (Wildman–Crippen MR) is 66.2 cm³/mol. The van der Waals surface area contributed by atoms with Crippen LogP contribution in [0.2, 0.25) is 0 Å². The molecule has 0 bridgehead atoms. The van der Waals surface area contributed by atoms with Crippen molar-refractivity contribution in [2.45, 2.75) is 32.4 Å². The second kappa shape index (κ2) is 6.38. The Bertz CT molecular complexity index is 393. The summed E-state index contributed by atoms with van der Waals surface area (Å²) in [6.45, 7) is 4.13. The zero-order valence-corrected chi connectivity index (χ0v) is 11.1. The van der Waals surface area contributed by atoms with Gasteiger partial charge < -0.3 is 20.0 Å². The van der Waals surface area contributed by atoms with E-state index in [1.807, 2.05) is 6.07 Å². The number of likely N-dealkylation sites (tertiary alicyclic amines) is 1. The summed E-state index contributed by atoms with van der Waals surface area (Å²) in [6, 6.07) is 0.612. The quantitative estimate of drug-likeness (QED) is 0.753. The Morgan fingerprint density at radius 1 is 1.58 bits per heavy atom. The lowest BCUT2D eigenvalue weighted by molar-refractivity contribution is -0.141. The van der Waals surface area contributed by atoms with Gasteiger partial charge in [-0.05, 0) is 13.8 Å². The number of carbonyl (C=O) groups is 2. The second-order valence-corrected chi connectivity index (χ2v) is 4.75. The van der Waals surface area contributed by atoms with Gasteiger partial charge in [0, 0.05) is 26.1 Å². The maximum absolute atomic E-state index is 12.3. The molecule has 1 saturated heterocycles. The van der Waals surface area contributed by atoms with Crippen LogP contribution in [0.3, 0.4) is 0 Å². The van der Waals surface area contributed by atoms with Crippen LogP contribution in [0.25, 0.3) is 0 Å². The van der Waals surface area contributed by atoms with E-state index < -0.39 is 24.1 Å². The first-order valence-corrected chi connectivity index (χ1v) is 6.26. The number of carboxylic acids is 1. The van der Waals surface area contributed by atoms with Crippen molar-refractivity contribution < 1.29 is 19.8 Å². The van der Waals surface area contributed by atoms with Gasteiger partial charge in [0.05, 0.1) is 18.1 Å². The Kier molecular flexibility index (Phi) is 5.12. The highest BCUT2D eigenvalue weighted by Crippen LogP contribution is 2.20. The van der Waals surface area contributed by atoms with Gasteiger partial charge in [-0.3, -0.25) is 0 Å². The van der Waals surface area contributed by atoms with Crippen LogP contribution in [-0.4, -0.2) is 63.8 Å². The summed E-state index contributed by atoms with van der Waals surface area (Å²) in [6.07, 6.45) is -0.760. The molecule has 1 rings (SSSR count). The van der Waals surface area contributed by atoms with Crippen LogP contribution < -0.4 is 0 Å². The zero-order valence-electron chi connectivity index (χ0n) is 11.1. The van der Waals surface area contributed by atoms with Crippen molar-refractivity contribution in [3.8, 4) is 6.07 Å². The van der Waals surface area contributed by atoms with Crippen LogP contribution >= 0.6 is 0 Å². The summed E-state index contributed by atoms with van der Waals surface area (Å²) in [7, 11) is 0. The minimum absolute atomic E-state index is 0.0211. The molecule has 7 nitrogen and oxygen atoms in total. The van der Waals surface area contributed by atoms with E-state index in [9.17, 15) is 14.7 Å². The summed E-state index contributed by atoms with van der Waals surface area (Å²) >= 11 is 0. The highest BCUT2D eigenvalue weighted by atomic mass is 16.4. The smallest absolute Gasteiger partial charge is 0.326 e. The standard InChI is InChI=1S/C12H19N3O4/c1-3-14(6-8(2)5-13)12(19)15-7-9(16)4-10(15)11(17)18/h8-10,16H,3-4,6-7H2,1-2H3,(H,17,18). The number of nitriles is 1. The average molecular weight is 269 g/mol. The van der Waals surface area contributed by atoms with Crippen molar-refractivity contribution in [3.63, 3.8) is 0 Å². The van der Waals surface area contributed by atoms with Gasteiger partial charge in [0.2, 0.25) is 0 Å². The number of hydrogen-bond donors (Lipinski definition) is 2. The molecule has 7 heteroatoms. The second-order valence-electron chi connectivity index (χ2n) is 4.75. The molecular formula is C12H19N3O4. The molecule has 2 amide bonds. The summed E-state index contributed by atoms with van der Waals surface area (Å²) in [5.74, 6) is -1.44. The number of aliphatic hydroxyl groups excluding tert-OH is 1. The summed E-state index contributed by atoms with van der Waals surface area (Å²) in [5.41, 5.74) is 0. The van der Waals surface area contributed by atoms with Gasteiger partial charge in [-0.25, -0.2) is 9.59 Å². The van der Waals surface area contributed by atoms with Crippen molar-refractivity contribution in [2.75, 3.05) is 19.6 Å². The number of carboxylic acid groups (broad SMARTS) is 1. The van der Waals surface area contributed by atoms with Crippen molar-refractivity contribution in [1.29, 1.82) is 5.26 Å². The fourth-order valence-electron chi connectivity index (χ4n) is 2.15. The predicted octanol–water partition coefficient (Wildman–Crippen LogP) is 0.108. The first-order valence-electron chi connectivity index (χ1n) is 6.26. The topological polar surface area (TPSA) is 105 Å². The van der Waals surface area contributed by atoms with E-state index in [1.54, 1.807) is 13.8 Å². The molecule has 3 atom stereocenters. The highest BCUT2D eigenvalue weighted by molar-refractivity contribution is 5.83. The Morgan fingerprint density at radius 2 is 2.21 bits per heavy atom. The first-order chi connectivity index (χ1) is 8.90. The molecule has 0 radical (unpaired) electrons. The Hall–Kier alpha value is -1.81. The van der Waals surface area contributed by atoms with Crippen LogP contribution in [-0.2, 0) is 4.79 Å². The van der Waals surface area contributed by atoms with Gasteiger partial charge >= 0.3 is 12.0 Å². The Balaban J connectivity index is 2.79. The number of hydrogen-bond acceptors (Lipinski definition) is 4. The van der Waals surface area contributed by atoms with Gasteiger partial charge in [0.15, 0.2) is 0 Å². The molecule has 2 N–H and O–H groups in total. The van der Waals surface area contributed by atoms with Crippen LogP contribution in [0.4, 0.5) is 4.79 Å². The van der Waals surface area contributed by atoms with Crippen LogP contribution in [0, 0.1) is 17.2 Å². The van der Waals surface area contributed by atoms with Gasteiger partial charge in [-0.1, -0.05) is 0 Å². The first kappa shape index (κ1) is 15.2. The molecular weight excluding hydrogens is 250 g/mol. The van der Waals surface area contributed by atoms with Gasteiger partial charge in [-0.15, -0.1) is 0 Å². The number of β-amino-alcohol motifs (C(OH)–C–C–N with tert-alkyl or cyclic N) is 1. The lowest BCUT2D eigenvalue weighted by Gasteiger charge is -2.30. The Labute approximate surface area is 112 Å². The summed E-state index contributed by atoms with van der Waals surface area (Å²) in [4.78, 5) is 25.9. The molecule has 1 aliphatic rings. The third kappa shape index (κ3) is 3.58. The molecule has 19 heavy (non-hydrogen) atoms. The fourth-order valence-corrected chi connectivity index (χ4v) is 2.15. The fraction of sp³-hybridized carbons (Fsp3) is 0.750. The minimum Gasteiger partial charge on any atom is -0.480 e. The van der Waals surface area contributed by atoms with Crippen molar-refractivity contribution in [1.82, 2.24) is 9.80 Å². The molecule has 0 saturated carbocycles. The summed E-state index contributed by atoms with van der Waals surface area (Å²) in [5, 5.41) is 27.4. The lowest BCUT2D eigenvalue weighted by Crippen LogP contribution is -2.49. The van der Waals surface area contributed by atoms with Crippen LogP contribution in [0.15, 0.2) is 0 Å². The number of nitrogens with zero attached hydrogens (tertiary/aromatic N) is 3. The highest BCUT2D eigenvalue weighted by Gasteiger charge is 2.40. The number of aliphatic carboxylic acids is 1. The van der Waals surface area contributed by atoms with E-state index in [4.69, 9.17) is 10.4 Å². The molecule has 0 aliphatic carbocycles.